The maximum Gasteiger partial charge on any atom is 0.226 e. The molecule has 15 heavy (non-hydrogen) atoms. The van der Waals surface area contributed by atoms with Crippen molar-refractivity contribution in [3.8, 4) is 0 Å². The van der Waals surface area contributed by atoms with Crippen LogP contribution >= 0.6 is 0 Å². The molecule has 0 heterocycles. The molecule has 0 aromatic heterocycles. The second-order valence-electron chi connectivity index (χ2n) is 3.37. The summed E-state index contributed by atoms with van der Waals surface area (Å²) in [6, 6.07) is 7.81. The maximum absolute atomic E-state index is 11.6. The standard InChI is InChI=1S/C12H18N2O/c1-3-12(15)14(4-2)11-7-5-6-10(8-11)9-13/h5-8H,3-4,9,13H2,1-2H3. The number of carbonyl (C=O) groups is 1. The van der Waals surface area contributed by atoms with Gasteiger partial charge in [0.05, 0.1) is 0 Å². The minimum atomic E-state index is 0.145. The van der Waals surface area contributed by atoms with Gasteiger partial charge in [0.2, 0.25) is 5.91 Å². The van der Waals surface area contributed by atoms with Crippen molar-refractivity contribution in [3.05, 3.63) is 29.8 Å². The molecule has 0 aliphatic rings. The number of anilines is 1. The molecule has 0 saturated carbocycles. The van der Waals surface area contributed by atoms with Gasteiger partial charge in [-0.25, -0.2) is 0 Å². The lowest BCUT2D eigenvalue weighted by Crippen LogP contribution is -2.29. The summed E-state index contributed by atoms with van der Waals surface area (Å²) in [4.78, 5) is 13.4. The van der Waals surface area contributed by atoms with Gasteiger partial charge in [-0.05, 0) is 24.6 Å². The van der Waals surface area contributed by atoms with Crippen molar-refractivity contribution in [2.24, 2.45) is 5.73 Å². The Morgan fingerprint density at radius 3 is 2.67 bits per heavy atom. The minimum Gasteiger partial charge on any atom is -0.326 e. The summed E-state index contributed by atoms with van der Waals surface area (Å²) in [5.74, 6) is 0.145. The molecule has 0 fully saturated rings. The van der Waals surface area contributed by atoms with Crippen LogP contribution in [0.1, 0.15) is 25.8 Å². The average molecular weight is 206 g/mol. The number of nitrogens with two attached hydrogens (primary N) is 1. The second-order valence-corrected chi connectivity index (χ2v) is 3.37. The topological polar surface area (TPSA) is 46.3 Å². The van der Waals surface area contributed by atoms with Crippen LogP contribution in [-0.2, 0) is 11.3 Å². The molecule has 0 radical (unpaired) electrons. The van der Waals surface area contributed by atoms with Crippen LogP contribution in [0, 0.1) is 0 Å². The largest absolute Gasteiger partial charge is 0.326 e. The summed E-state index contributed by atoms with van der Waals surface area (Å²) in [6.07, 6.45) is 0.528. The number of nitrogens with zero attached hydrogens (tertiary/aromatic N) is 1. The van der Waals surface area contributed by atoms with Crippen molar-refractivity contribution in [1.29, 1.82) is 0 Å². The third-order valence-corrected chi connectivity index (χ3v) is 2.38. The molecule has 0 atom stereocenters. The Bertz CT molecular complexity index is 336. The van der Waals surface area contributed by atoms with Gasteiger partial charge in [0.15, 0.2) is 0 Å². The van der Waals surface area contributed by atoms with E-state index in [4.69, 9.17) is 5.73 Å². The Morgan fingerprint density at radius 1 is 1.40 bits per heavy atom. The molecule has 0 aliphatic carbocycles. The zero-order chi connectivity index (χ0) is 11.3. The molecular formula is C12H18N2O. The lowest BCUT2D eigenvalue weighted by Gasteiger charge is -2.20. The fraction of sp³-hybridized carbons (Fsp3) is 0.417. The molecule has 0 aliphatic heterocycles. The Hall–Kier alpha value is -1.35. The quantitative estimate of drug-likeness (QED) is 0.818. The zero-order valence-electron chi connectivity index (χ0n) is 9.36. The van der Waals surface area contributed by atoms with Crippen LogP contribution in [0.15, 0.2) is 24.3 Å². The van der Waals surface area contributed by atoms with Crippen molar-refractivity contribution >= 4 is 11.6 Å². The SMILES string of the molecule is CCC(=O)N(CC)c1cccc(CN)c1. The highest BCUT2D eigenvalue weighted by Crippen LogP contribution is 2.16. The molecule has 1 amide bonds. The van der Waals surface area contributed by atoms with Gasteiger partial charge >= 0.3 is 0 Å². The highest BCUT2D eigenvalue weighted by Gasteiger charge is 2.11. The lowest BCUT2D eigenvalue weighted by molar-refractivity contribution is -0.118. The molecule has 82 valence electrons. The molecule has 1 rings (SSSR count). The van der Waals surface area contributed by atoms with Crippen LogP contribution in [-0.4, -0.2) is 12.5 Å². The molecule has 1 aromatic rings. The Labute approximate surface area is 90.9 Å². The van der Waals surface area contributed by atoms with Crippen LogP contribution < -0.4 is 10.6 Å². The number of hydrogen-bond donors (Lipinski definition) is 1. The Morgan fingerprint density at radius 2 is 2.13 bits per heavy atom. The molecule has 1 aromatic carbocycles. The normalized spacial score (nSPS) is 10.1. The van der Waals surface area contributed by atoms with Crippen molar-refractivity contribution in [2.75, 3.05) is 11.4 Å². The highest BCUT2D eigenvalue weighted by atomic mass is 16.2. The molecule has 3 heteroatoms. The van der Waals surface area contributed by atoms with Crippen molar-refractivity contribution in [3.63, 3.8) is 0 Å². The van der Waals surface area contributed by atoms with E-state index >= 15 is 0 Å². The van der Waals surface area contributed by atoms with Crippen LogP contribution in [0.4, 0.5) is 5.69 Å². The third-order valence-electron chi connectivity index (χ3n) is 2.38. The van der Waals surface area contributed by atoms with Gasteiger partial charge in [0, 0.05) is 25.2 Å². The van der Waals surface area contributed by atoms with Gasteiger partial charge in [-0.2, -0.15) is 0 Å². The van der Waals surface area contributed by atoms with Gasteiger partial charge in [0.25, 0.3) is 0 Å². The van der Waals surface area contributed by atoms with Gasteiger partial charge in [-0.15, -0.1) is 0 Å². The van der Waals surface area contributed by atoms with E-state index in [1.165, 1.54) is 0 Å². The van der Waals surface area contributed by atoms with Crippen molar-refractivity contribution < 1.29 is 4.79 Å². The zero-order valence-corrected chi connectivity index (χ0v) is 9.36. The summed E-state index contributed by atoms with van der Waals surface area (Å²) >= 11 is 0. The number of amides is 1. The first-order valence-electron chi connectivity index (χ1n) is 5.32. The van der Waals surface area contributed by atoms with Crippen LogP contribution in [0.3, 0.4) is 0 Å². The maximum atomic E-state index is 11.6. The first-order valence-corrected chi connectivity index (χ1v) is 5.32. The van der Waals surface area contributed by atoms with Gasteiger partial charge in [0.1, 0.15) is 0 Å². The van der Waals surface area contributed by atoms with E-state index in [1.54, 1.807) is 4.90 Å². The molecular weight excluding hydrogens is 188 g/mol. The van der Waals surface area contributed by atoms with Gasteiger partial charge in [-0.3, -0.25) is 4.79 Å². The summed E-state index contributed by atoms with van der Waals surface area (Å²) in [7, 11) is 0. The fourth-order valence-corrected chi connectivity index (χ4v) is 1.55. The molecule has 0 saturated heterocycles. The molecule has 0 unspecified atom stereocenters. The first-order chi connectivity index (χ1) is 7.22. The van der Waals surface area contributed by atoms with E-state index in [0.717, 1.165) is 11.3 Å². The number of rotatable bonds is 4. The number of carbonyl (C=O) groups excluding carboxylic acids is 1. The van der Waals surface area contributed by atoms with Crippen LogP contribution in [0.5, 0.6) is 0 Å². The van der Waals surface area contributed by atoms with E-state index in [2.05, 4.69) is 0 Å². The molecule has 2 N–H and O–H groups in total. The second kappa shape index (κ2) is 5.51. The van der Waals surface area contributed by atoms with Crippen LogP contribution in [0.25, 0.3) is 0 Å². The van der Waals surface area contributed by atoms with Gasteiger partial charge < -0.3 is 10.6 Å². The summed E-state index contributed by atoms with van der Waals surface area (Å²) in [6.45, 7) is 5.05. The van der Waals surface area contributed by atoms with E-state index in [9.17, 15) is 4.79 Å². The van der Waals surface area contributed by atoms with E-state index in [0.29, 0.717) is 19.5 Å². The molecule has 3 nitrogen and oxygen atoms in total. The van der Waals surface area contributed by atoms with E-state index in [-0.39, 0.29) is 5.91 Å². The first kappa shape index (κ1) is 11.7. The molecule has 0 bridgehead atoms. The highest BCUT2D eigenvalue weighted by molar-refractivity contribution is 5.93. The summed E-state index contributed by atoms with van der Waals surface area (Å²) in [5, 5.41) is 0. The summed E-state index contributed by atoms with van der Waals surface area (Å²) in [5.41, 5.74) is 7.55. The molecule has 0 spiro atoms. The van der Waals surface area contributed by atoms with Crippen molar-refractivity contribution in [1.82, 2.24) is 0 Å². The lowest BCUT2D eigenvalue weighted by atomic mass is 10.2. The van der Waals surface area contributed by atoms with E-state index < -0.39 is 0 Å². The predicted molar refractivity (Wildman–Crippen MR) is 62.7 cm³/mol. The smallest absolute Gasteiger partial charge is 0.226 e. The van der Waals surface area contributed by atoms with Crippen LogP contribution in [0.2, 0.25) is 0 Å². The Balaban J connectivity index is 2.96. The average Bonchev–Trinajstić information content (AvgIpc) is 2.30. The van der Waals surface area contributed by atoms with E-state index in [1.807, 2.05) is 38.1 Å². The Kier molecular flexibility index (Phi) is 4.31. The monoisotopic (exact) mass is 206 g/mol. The predicted octanol–water partition coefficient (Wildman–Crippen LogP) is 1.91. The van der Waals surface area contributed by atoms with Gasteiger partial charge in [-0.1, -0.05) is 19.1 Å². The summed E-state index contributed by atoms with van der Waals surface area (Å²) < 4.78 is 0. The number of hydrogen-bond acceptors (Lipinski definition) is 2. The fourth-order valence-electron chi connectivity index (χ4n) is 1.55. The number of benzene rings is 1. The minimum absolute atomic E-state index is 0.145. The van der Waals surface area contributed by atoms with Crippen molar-refractivity contribution in [2.45, 2.75) is 26.8 Å². The third kappa shape index (κ3) is 2.80.